The highest BCUT2D eigenvalue weighted by molar-refractivity contribution is 6.44. The van der Waals surface area contributed by atoms with Crippen molar-refractivity contribution in [1.29, 1.82) is 5.26 Å². The average molecular weight is 457 g/mol. The molecule has 0 saturated heterocycles. The molecule has 5 rings (SSSR count). The highest BCUT2D eigenvalue weighted by Gasteiger charge is 2.49. The van der Waals surface area contributed by atoms with Crippen LogP contribution in [-0.2, 0) is 23.3 Å². The number of hydrogen-bond acceptors (Lipinski definition) is 6. The molecule has 0 bridgehead atoms. The van der Waals surface area contributed by atoms with Crippen molar-refractivity contribution >= 4 is 23.3 Å². The Morgan fingerprint density at radius 2 is 2.03 bits per heavy atom. The van der Waals surface area contributed by atoms with Gasteiger partial charge in [-0.1, -0.05) is 11.3 Å². The molecule has 0 atom stereocenters. The summed E-state index contributed by atoms with van der Waals surface area (Å²) in [6, 6.07) is 7.23. The van der Waals surface area contributed by atoms with Crippen molar-refractivity contribution in [2.75, 3.05) is 5.32 Å². The van der Waals surface area contributed by atoms with E-state index in [1.807, 2.05) is 11.5 Å². The molecular formula is C24H23N7O3. The summed E-state index contributed by atoms with van der Waals surface area (Å²) in [7, 11) is 0. The van der Waals surface area contributed by atoms with Gasteiger partial charge in [-0.15, -0.1) is 5.10 Å². The highest BCUT2D eigenvalue weighted by Crippen LogP contribution is 2.44. The van der Waals surface area contributed by atoms with E-state index < -0.39 is 17.2 Å². The number of H-pyrrole nitrogens is 1. The van der Waals surface area contributed by atoms with Crippen LogP contribution in [0.1, 0.15) is 68.2 Å². The minimum atomic E-state index is -0.715. The Morgan fingerprint density at radius 1 is 1.24 bits per heavy atom. The zero-order valence-electron chi connectivity index (χ0n) is 18.9. The van der Waals surface area contributed by atoms with Gasteiger partial charge in [-0.2, -0.15) is 5.26 Å². The van der Waals surface area contributed by atoms with Crippen LogP contribution >= 0.6 is 0 Å². The molecule has 1 aliphatic carbocycles. The molecule has 0 radical (unpaired) electrons. The summed E-state index contributed by atoms with van der Waals surface area (Å²) in [4.78, 5) is 39.5. The molecule has 2 aliphatic rings. The molecule has 1 saturated carbocycles. The maximum Gasteiger partial charge on any atom is 0.293 e. The van der Waals surface area contributed by atoms with Crippen LogP contribution < -0.4 is 10.6 Å². The van der Waals surface area contributed by atoms with Crippen molar-refractivity contribution in [3.63, 3.8) is 0 Å². The van der Waals surface area contributed by atoms with Crippen molar-refractivity contribution in [2.45, 2.75) is 51.6 Å². The largest absolute Gasteiger partial charge is 0.340 e. The van der Waals surface area contributed by atoms with Gasteiger partial charge in [0.2, 0.25) is 0 Å². The molecule has 1 fully saturated rings. The molecule has 10 nitrogen and oxygen atoms in total. The van der Waals surface area contributed by atoms with Gasteiger partial charge in [-0.05, 0) is 62.8 Å². The molecule has 0 spiro atoms. The van der Waals surface area contributed by atoms with E-state index in [1.165, 1.54) is 0 Å². The van der Waals surface area contributed by atoms with Crippen LogP contribution in [0.25, 0.3) is 0 Å². The Labute approximate surface area is 195 Å². The molecular weight excluding hydrogens is 434 g/mol. The summed E-state index contributed by atoms with van der Waals surface area (Å²) < 4.78 is 1.83. The van der Waals surface area contributed by atoms with Gasteiger partial charge in [0.1, 0.15) is 11.4 Å². The number of hydrogen-bond donors (Lipinski definition) is 3. The van der Waals surface area contributed by atoms with Crippen molar-refractivity contribution < 1.29 is 14.4 Å². The van der Waals surface area contributed by atoms with Gasteiger partial charge in [0.15, 0.2) is 0 Å². The van der Waals surface area contributed by atoms with Crippen LogP contribution in [-0.4, -0.2) is 37.6 Å². The van der Waals surface area contributed by atoms with E-state index >= 15 is 0 Å². The Bertz CT molecular complexity index is 1370. The summed E-state index contributed by atoms with van der Waals surface area (Å²) in [5, 5.41) is 25.3. The van der Waals surface area contributed by atoms with E-state index in [1.54, 1.807) is 31.3 Å². The number of aromatic nitrogens is 4. The number of anilines is 1. The average Bonchev–Trinajstić information content (AvgIpc) is 3.17. The minimum Gasteiger partial charge on any atom is -0.340 e. The Kier molecular flexibility index (Phi) is 5.05. The van der Waals surface area contributed by atoms with E-state index in [9.17, 15) is 19.6 Å². The first-order valence-electron chi connectivity index (χ1n) is 11.1. The molecule has 3 heterocycles. The third-order valence-electron chi connectivity index (χ3n) is 6.68. The van der Waals surface area contributed by atoms with Crippen LogP contribution in [0.15, 0.2) is 24.4 Å². The van der Waals surface area contributed by atoms with Gasteiger partial charge in [0.25, 0.3) is 17.6 Å². The lowest BCUT2D eigenvalue weighted by Gasteiger charge is -2.14. The highest BCUT2D eigenvalue weighted by atomic mass is 16.2. The van der Waals surface area contributed by atoms with Gasteiger partial charge in [-0.3, -0.25) is 19.5 Å². The monoisotopic (exact) mass is 457 g/mol. The Morgan fingerprint density at radius 3 is 2.71 bits per heavy atom. The Balaban J connectivity index is 1.43. The number of nitrogens with zero attached hydrogens (tertiary/aromatic N) is 4. The number of rotatable bonds is 6. The molecule has 3 N–H and O–H groups in total. The molecule has 0 unspecified atom stereocenters. The predicted molar refractivity (Wildman–Crippen MR) is 121 cm³/mol. The van der Waals surface area contributed by atoms with Gasteiger partial charge < -0.3 is 15.2 Å². The third kappa shape index (κ3) is 3.46. The van der Waals surface area contributed by atoms with Crippen molar-refractivity contribution in [2.24, 2.45) is 0 Å². The van der Waals surface area contributed by atoms with E-state index in [-0.39, 0.29) is 11.5 Å². The van der Waals surface area contributed by atoms with Gasteiger partial charge in [0.05, 0.1) is 22.7 Å². The first-order valence-corrected chi connectivity index (χ1v) is 11.1. The molecule has 2 amide bonds. The summed E-state index contributed by atoms with van der Waals surface area (Å²) in [6.45, 7) is 4.11. The normalized spacial score (nSPS) is 15.3. The van der Waals surface area contributed by atoms with Crippen LogP contribution in [0.5, 0.6) is 0 Å². The van der Waals surface area contributed by atoms with E-state index in [0.29, 0.717) is 59.7 Å². The molecule has 10 heteroatoms. The maximum absolute atomic E-state index is 13.3. The Hall–Kier alpha value is -4.26. The van der Waals surface area contributed by atoms with Crippen LogP contribution in [0.2, 0.25) is 0 Å². The number of ketones is 1. The summed E-state index contributed by atoms with van der Waals surface area (Å²) in [5.41, 5.74) is 3.55. The van der Waals surface area contributed by atoms with Crippen LogP contribution in [0, 0.1) is 25.2 Å². The predicted octanol–water partition coefficient (Wildman–Crippen LogP) is 2.28. The minimum absolute atomic E-state index is 0.290. The number of nitrogens with one attached hydrogen (secondary N) is 3. The van der Waals surface area contributed by atoms with Gasteiger partial charge in [0, 0.05) is 24.1 Å². The lowest BCUT2D eigenvalue weighted by molar-refractivity contribution is -0.118. The van der Waals surface area contributed by atoms with Crippen molar-refractivity contribution in [3.8, 4) is 6.07 Å². The number of fused-ring (bicyclic) bond motifs is 1. The summed E-state index contributed by atoms with van der Waals surface area (Å²) in [5.74, 6) is -1.75. The number of carbonyl (C=O) groups is 3. The number of nitriles is 1. The molecule has 172 valence electrons. The molecule has 1 aliphatic heterocycles. The third-order valence-corrected chi connectivity index (χ3v) is 6.68. The van der Waals surface area contributed by atoms with Gasteiger partial charge in [-0.25, -0.2) is 0 Å². The van der Waals surface area contributed by atoms with Crippen LogP contribution in [0.4, 0.5) is 5.69 Å². The van der Waals surface area contributed by atoms with Crippen LogP contribution in [0.3, 0.4) is 0 Å². The number of carbonyl (C=O) groups excluding carboxylic acids is 3. The molecule has 1 aromatic carbocycles. The van der Waals surface area contributed by atoms with E-state index in [2.05, 4.69) is 32.1 Å². The zero-order chi connectivity index (χ0) is 24.0. The molecule has 2 aromatic heterocycles. The first-order chi connectivity index (χ1) is 16.3. The standard InChI is InChI=1S/C24H23N7O3/c1-13-5-6-16(10-15(13)11-25)27-22(33)20-14(2)19(17-4-3-9-31(17)20)21(32)23(34)28-24(7-8-24)18-12-26-30-29-18/h5-6,10,12H,3-4,7-9H2,1-2H3,(H,27,33)(H,28,34)(H,26,29,30). The zero-order valence-corrected chi connectivity index (χ0v) is 18.9. The second-order valence-electron chi connectivity index (χ2n) is 8.87. The second kappa shape index (κ2) is 7.95. The first kappa shape index (κ1) is 21.6. The topological polar surface area (TPSA) is 146 Å². The SMILES string of the molecule is Cc1ccc(NC(=O)c2c(C)c(C(=O)C(=O)NC3(c4c[nH]nn4)CC3)c3n2CCC3)cc1C#N. The van der Waals surface area contributed by atoms with Crippen molar-refractivity contribution in [3.05, 3.63) is 63.7 Å². The van der Waals surface area contributed by atoms with Gasteiger partial charge >= 0.3 is 0 Å². The fourth-order valence-electron chi connectivity index (χ4n) is 4.72. The van der Waals surface area contributed by atoms with Crippen molar-refractivity contribution in [1.82, 2.24) is 25.3 Å². The quantitative estimate of drug-likeness (QED) is 0.382. The number of aromatic amines is 1. The molecule has 34 heavy (non-hydrogen) atoms. The summed E-state index contributed by atoms with van der Waals surface area (Å²) >= 11 is 0. The fourth-order valence-corrected chi connectivity index (χ4v) is 4.72. The number of Topliss-reactive ketones (excluding diaryl/α,β-unsaturated/α-hetero) is 1. The van der Waals surface area contributed by atoms with E-state index in [0.717, 1.165) is 12.0 Å². The number of aryl methyl sites for hydroxylation is 1. The lowest BCUT2D eigenvalue weighted by Crippen LogP contribution is -2.40. The number of benzene rings is 1. The lowest BCUT2D eigenvalue weighted by atomic mass is 10.0. The van der Waals surface area contributed by atoms with E-state index in [4.69, 9.17) is 0 Å². The smallest absolute Gasteiger partial charge is 0.293 e. The summed E-state index contributed by atoms with van der Waals surface area (Å²) in [6.07, 6.45) is 4.37. The second-order valence-corrected chi connectivity index (χ2v) is 8.87. The molecule has 3 aromatic rings. The fraction of sp³-hybridized carbons (Fsp3) is 0.333. The number of amides is 2. The maximum atomic E-state index is 13.3.